The predicted molar refractivity (Wildman–Crippen MR) is 157 cm³/mol. The third-order valence-corrected chi connectivity index (χ3v) is 7.64. The van der Waals surface area contributed by atoms with E-state index in [-0.39, 0.29) is 42.2 Å². The molecule has 0 bridgehead atoms. The molecule has 1 aromatic heterocycles. The molecule has 4 rings (SSSR count). The number of rotatable bonds is 9. The van der Waals surface area contributed by atoms with Gasteiger partial charge in [0.15, 0.2) is 0 Å². The number of para-hydroxylation sites is 1. The Labute approximate surface area is 255 Å². The van der Waals surface area contributed by atoms with Crippen LogP contribution in [0.4, 0.5) is 34.8 Å². The van der Waals surface area contributed by atoms with Crippen molar-refractivity contribution >= 4 is 44.9 Å². The molecule has 0 saturated carbocycles. The number of benzene rings is 1. The van der Waals surface area contributed by atoms with Crippen LogP contribution in [0, 0.1) is 24.1 Å². The fraction of sp³-hybridized carbons (Fsp3) is 0.448. The van der Waals surface area contributed by atoms with Gasteiger partial charge in [0, 0.05) is 50.9 Å². The first-order valence-electron chi connectivity index (χ1n) is 13.6. The first-order valence-corrected chi connectivity index (χ1v) is 14.8. The van der Waals surface area contributed by atoms with Crippen molar-refractivity contribution in [3.63, 3.8) is 0 Å². The number of aromatic nitrogens is 1. The Bertz CT molecular complexity index is 1420. The summed E-state index contributed by atoms with van der Waals surface area (Å²) in [4.78, 5) is 34.3. The van der Waals surface area contributed by atoms with Gasteiger partial charge in [-0.25, -0.2) is 9.37 Å². The number of nitriles is 1. The quantitative estimate of drug-likeness (QED) is 0.180. The van der Waals surface area contributed by atoms with Crippen LogP contribution >= 0.6 is 15.9 Å². The number of fused-ring (bicyclic) bond motifs is 1. The van der Waals surface area contributed by atoms with Gasteiger partial charge in [0.05, 0.1) is 23.0 Å². The van der Waals surface area contributed by atoms with Crippen LogP contribution < -0.4 is 15.1 Å². The zero-order valence-corrected chi connectivity index (χ0v) is 25.2. The van der Waals surface area contributed by atoms with Crippen molar-refractivity contribution in [2.45, 2.75) is 38.1 Å². The van der Waals surface area contributed by atoms with Crippen LogP contribution in [0.1, 0.15) is 29.7 Å². The molecule has 3 heterocycles. The second kappa shape index (κ2) is 13.7. The minimum Gasteiger partial charge on any atom is -0.374 e. The molecule has 14 heteroatoms. The zero-order valence-electron chi connectivity index (χ0n) is 23.6. The Balaban J connectivity index is 1.48. The molecule has 0 aliphatic carbocycles. The molecule has 2 aliphatic rings. The second-order valence-electron chi connectivity index (χ2n) is 10.3. The number of hydrogen-bond donors (Lipinski definition) is 1. The molecule has 1 atom stereocenters. The van der Waals surface area contributed by atoms with Crippen LogP contribution in [0.3, 0.4) is 0 Å². The van der Waals surface area contributed by atoms with Crippen molar-refractivity contribution < 1.29 is 31.9 Å². The van der Waals surface area contributed by atoms with Crippen molar-refractivity contribution in [2.24, 2.45) is 0 Å². The summed E-state index contributed by atoms with van der Waals surface area (Å²) < 4.78 is 62.0. The number of nitrogens with zero attached hydrogens (tertiary/aromatic N) is 5. The van der Waals surface area contributed by atoms with Crippen LogP contribution in [0.5, 0.6) is 0 Å². The smallest absolute Gasteiger partial charge is 0.374 e. The highest BCUT2D eigenvalue weighted by molar-refractivity contribution is 9.09. The summed E-state index contributed by atoms with van der Waals surface area (Å²) in [6.45, 7) is 3.27. The van der Waals surface area contributed by atoms with Crippen LogP contribution in [0.2, 0.25) is 0 Å². The Morgan fingerprint density at radius 1 is 1.33 bits per heavy atom. The van der Waals surface area contributed by atoms with Crippen molar-refractivity contribution in [2.75, 3.05) is 60.3 Å². The molecule has 9 nitrogen and oxygen atoms in total. The largest absolute Gasteiger partial charge is 0.417 e. The number of allylic oxidation sites excluding steroid dienone is 1. The standard InChI is InChI=1S/C29H31BrF4N6O3/c1-18-14-21(29(32,33)34)20(15-35)27(36-18)37-23-9-12-39(26-22(31)6-3-7-24(26)38(2)28(23)42)11-5-13-43-19-16-40(17-19)25(41)8-4-10-30/h3-4,6-8,14,19,23H,5,9-13,16-17H2,1-2H3,(H,36,37). The number of alkyl halides is 4. The van der Waals surface area contributed by atoms with E-state index in [0.29, 0.717) is 43.7 Å². The Morgan fingerprint density at radius 3 is 2.74 bits per heavy atom. The Morgan fingerprint density at radius 2 is 2.07 bits per heavy atom. The molecule has 0 spiro atoms. The Hall–Kier alpha value is -3.70. The summed E-state index contributed by atoms with van der Waals surface area (Å²) >= 11 is 3.23. The number of likely N-dealkylation sites (N-methyl/N-ethyl adjacent to an activating group) is 1. The van der Waals surface area contributed by atoms with Gasteiger partial charge in [0.25, 0.3) is 0 Å². The fourth-order valence-electron chi connectivity index (χ4n) is 5.08. The van der Waals surface area contributed by atoms with Crippen LogP contribution in [-0.2, 0) is 20.5 Å². The van der Waals surface area contributed by atoms with Crippen molar-refractivity contribution in [3.05, 3.63) is 59.1 Å². The van der Waals surface area contributed by atoms with E-state index < -0.39 is 35.1 Å². The molecule has 2 aromatic rings. The molecular weight excluding hydrogens is 636 g/mol. The molecule has 1 aromatic carbocycles. The molecule has 0 radical (unpaired) electrons. The number of halogens is 5. The molecular formula is C29H31BrF4N6O3. The van der Waals surface area contributed by atoms with Crippen LogP contribution in [-0.4, -0.2) is 79.0 Å². The van der Waals surface area contributed by atoms with E-state index in [2.05, 4.69) is 26.2 Å². The van der Waals surface area contributed by atoms with Crippen molar-refractivity contribution in [1.29, 1.82) is 5.26 Å². The average Bonchev–Trinajstić information content (AvgIpc) is 2.93. The molecule has 1 unspecified atom stereocenters. The summed E-state index contributed by atoms with van der Waals surface area (Å²) in [6.07, 6.45) is -1.03. The van der Waals surface area contributed by atoms with Gasteiger partial charge in [-0.2, -0.15) is 18.4 Å². The van der Waals surface area contributed by atoms with Gasteiger partial charge in [0.1, 0.15) is 29.3 Å². The maximum atomic E-state index is 15.2. The third-order valence-electron chi connectivity index (χ3n) is 7.27. The lowest BCUT2D eigenvalue weighted by Crippen LogP contribution is -2.54. The lowest BCUT2D eigenvalue weighted by atomic mass is 10.0. The zero-order chi connectivity index (χ0) is 31.3. The highest BCUT2D eigenvalue weighted by atomic mass is 79.9. The molecule has 2 amide bonds. The fourth-order valence-corrected chi connectivity index (χ4v) is 5.26. The van der Waals surface area contributed by atoms with Gasteiger partial charge in [-0.15, -0.1) is 0 Å². The van der Waals surface area contributed by atoms with Crippen molar-refractivity contribution in [3.8, 4) is 6.07 Å². The average molecular weight is 668 g/mol. The topological polar surface area (TPSA) is 102 Å². The highest BCUT2D eigenvalue weighted by Gasteiger charge is 2.37. The van der Waals surface area contributed by atoms with E-state index >= 15 is 4.39 Å². The maximum absolute atomic E-state index is 15.2. The minimum atomic E-state index is -4.79. The number of carbonyl (C=O) groups is 2. The summed E-state index contributed by atoms with van der Waals surface area (Å²) in [6, 6.07) is 5.70. The molecule has 1 fully saturated rings. The summed E-state index contributed by atoms with van der Waals surface area (Å²) in [5.74, 6) is -1.44. The van der Waals surface area contributed by atoms with E-state index in [9.17, 15) is 28.0 Å². The summed E-state index contributed by atoms with van der Waals surface area (Å²) in [5, 5.41) is 12.9. The monoisotopic (exact) mass is 666 g/mol. The number of amides is 2. The number of nitrogens with one attached hydrogen (secondary N) is 1. The van der Waals surface area contributed by atoms with E-state index in [1.807, 2.05) is 0 Å². The number of aryl methyl sites for hydroxylation is 1. The SMILES string of the molecule is Cc1cc(C(F)(F)F)c(C#N)c(NC2CCN(CCCOC3CN(C(=O)C=CCBr)C3)c3c(F)cccc3N(C)C2=O)n1. The van der Waals surface area contributed by atoms with E-state index in [0.717, 1.165) is 6.07 Å². The van der Waals surface area contributed by atoms with Gasteiger partial charge in [0.2, 0.25) is 11.8 Å². The first-order chi connectivity index (χ1) is 20.4. The van der Waals surface area contributed by atoms with E-state index in [1.54, 1.807) is 28.0 Å². The number of likely N-dealkylation sites (tertiary alicyclic amines) is 1. The Kier molecular flexibility index (Phi) is 10.3. The number of pyridine rings is 1. The lowest BCUT2D eigenvalue weighted by molar-refractivity contribution is -0.139. The predicted octanol–water partition coefficient (Wildman–Crippen LogP) is 4.64. The third kappa shape index (κ3) is 7.45. The van der Waals surface area contributed by atoms with Gasteiger partial charge < -0.3 is 24.8 Å². The van der Waals surface area contributed by atoms with E-state index in [4.69, 9.17) is 4.74 Å². The van der Waals surface area contributed by atoms with Crippen LogP contribution in [0.25, 0.3) is 0 Å². The molecule has 43 heavy (non-hydrogen) atoms. The number of carbonyl (C=O) groups excluding carboxylic acids is 2. The van der Waals surface area contributed by atoms with Gasteiger partial charge >= 0.3 is 6.18 Å². The normalized spacial score (nSPS) is 17.8. The van der Waals surface area contributed by atoms with Gasteiger partial charge in [-0.1, -0.05) is 28.1 Å². The molecule has 2 aliphatic heterocycles. The maximum Gasteiger partial charge on any atom is 0.417 e. The summed E-state index contributed by atoms with van der Waals surface area (Å²) in [5.41, 5.74) is -1.27. The molecule has 1 N–H and O–H groups in total. The van der Waals surface area contributed by atoms with Gasteiger partial charge in [-0.3, -0.25) is 9.59 Å². The molecule has 230 valence electrons. The number of anilines is 3. The van der Waals surface area contributed by atoms with Gasteiger partial charge in [-0.05, 0) is 44.0 Å². The van der Waals surface area contributed by atoms with Crippen LogP contribution in [0.15, 0.2) is 36.4 Å². The van der Waals surface area contributed by atoms with Crippen molar-refractivity contribution in [1.82, 2.24) is 9.88 Å². The second-order valence-corrected chi connectivity index (χ2v) is 10.9. The number of hydrogen-bond acceptors (Lipinski definition) is 7. The van der Waals surface area contributed by atoms with E-state index in [1.165, 1.54) is 37.1 Å². The highest BCUT2D eigenvalue weighted by Crippen LogP contribution is 2.37. The first kappa shape index (κ1) is 32.2. The lowest BCUT2D eigenvalue weighted by Gasteiger charge is -2.38. The molecule has 1 saturated heterocycles. The summed E-state index contributed by atoms with van der Waals surface area (Å²) in [7, 11) is 1.47. The number of ether oxygens (including phenoxy) is 1. The minimum absolute atomic E-state index is 0.0314.